The van der Waals surface area contributed by atoms with Crippen LogP contribution in [0.25, 0.3) is 5.69 Å². The number of halogens is 1. The Morgan fingerprint density at radius 3 is 2.68 bits per heavy atom. The molecule has 1 amide bonds. The lowest BCUT2D eigenvalue weighted by Crippen LogP contribution is -2.43. The van der Waals surface area contributed by atoms with Crippen LogP contribution >= 0.6 is 0 Å². The molecule has 0 unspecified atom stereocenters. The van der Waals surface area contributed by atoms with Crippen molar-refractivity contribution in [2.24, 2.45) is 23.7 Å². The molecule has 0 aliphatic heterocycles. The highest BCUT2D eigenvalue weighted by atomic mass is 19.1. The summed E-state index contributed by atoms with van der Waals surface area (Å²) >= 11 is 0. The minimum atomic E-state index is -0.264. The van der Waals surface area contributed by atoms with Gasteiger partial charge in [-0.05, 0) is 87.5 Å². The molecule has 1 aromatic heterocycles. The molecule has 3 aliphatic carbocycles. The zero-order valence-electron chi connectivity index (χ0n) is 16.6. The van der Waals surface area contributed by atoms with Gasteiger partial charge in [-0.15, -0.1) is 0 Å². The quantitative estimate of drug-likeness (QED) is 0.866. The molecular formula is C23H28FN3O. The number of hydrogen-bond acceptors (Lipinski definition) is 2. The van der Waals surface area contributed by atoms with E-state index in [0.29, 0.717) is 18.4 Å². The summed E-state index contributed by atoms with van der Waals surface area (Å²) in [7, 11) is 0. The number of amides is 1. The van der Waals surface area contributed by atoms with E-state index in [1.165, 1.54) is 44.2 Å². The van der Waals surface area contributed by atoms with Gasteiger partial charge < -0.3 is 5.32 Å². The predicted octanol–water partition coefficient (Wildman–Crippen LogP) is 4.11. The second-order valence-electron chi connectivity index (χ2n) is 9.04. The molecule has 3 saturated carbocycles. The Kier molecular flexibility index (Phi) is 4.29. The van der Waals surface area contributed by atoms with Crippen molar-refractivity contribution in [1.82, 2.24) is 15.1 Å². The number of fused-ring (bicyclic) bond motifs is 5. The van der Waals surface area contributed by atoms with Gasteiger partial charge in [-0.1, -0.05) is 6.42 Å². The summed E-state index contributed by atoms with van der Waals surface area (Å²) in [5.41, 5.74) is 3.60. The molecule has 1 heterocycles. The first-order valence-corrected chi connectivity index (χ1v) is 10.6. The van der Waals surface area contributed by atoms with Gasteiger partial charge in [0.25, 0.3) is 0 Å². The van der Waals surface area contributed by atoms with Gasteiger partial charge in [-0.25, -0.2) is 9.07 Å². The molecule has 0 spiro atoms. The lowest BCUT2D eigenvalue weighted by atomic mass is 9.79. The van der Waals surface area contributed by atoms with Crippen molar-refractivity contribution < 1.29 is 9.18 Å². The zero-order valence-corrected chi connectivity index (χ0v) is 16.6. The van der Waals surface area contributed by atoms with Crippen molar-refractivity contribution in [3.63, 3.8) is 0 Å². The summed E-state index contributed by atoms with van der Waals surface area (Å²) in [5, 5.41) is 7.95. The number of aryl methyl sites for hydroxylation is 1. The van der Waals surface area contributed by atoms with E-state index in [4.69, 9.17) is 0 Å². The van der Waals surface area contributed by atoms with Crippen LogP contribution in [0.1, 0.15) is 49.1 Å². The highest BCUT2D eigenvalue weighted by Gasteiger charge is 2.53. The van der Waals surface area contributed by atoms with E-state index in [2.05, 4.69) is 10.4 Å². The summed E-state index contributed by atoms with van der Waals surface area (Å²) < 4.78 is 15.0. The van der Waals surface area contributed by atoms with E-state index in [0.717, 1.165) is 40.4 Å². The average molecular weight is 381 g/mol. The van der Waals surface area contributed by atoms with Crippen molar-refractivity contribution in [2.75, 3.05) is 0 Å². The Hall–Kier alpha value is -2.17. The maximum atomic E-state index is 13.2. The normalized spacial score (nSPS) is 30.6. The molecule has 148 valence electrons. The third-order valence-corrected chi connectivity index (χ3v) is 7.62. The van der Waals surface area contributed by atoms with E-state index in [1.807, 2.05) is 13.8 Å². The number of carbonyl (C=O) groups is 1. The summed E-state index contributed by atoms with van der Waals surface area (Å²) in [6.07, 6.45) is 7.00. The molecule has 5 rings (SSSR count). The number of nitrogens with one attached hydrogen (secondary N) is 1. The van der Waals surface area contributed by atoms with Gasteiger partial charge in [0.05, 0.1) is 17.8 Å². The second-order valence-corrected chi connectivity index (χ2v) is 9.04. The molecule has 0 saturated heterocycles. The molecule has 0 radical (unpaired) electrons. The fourth-order valence-electron chi connectivity index (χ4n) is 6.42. The van der Waals surface area contributed by atoms with Crippen LogP contribution in [0, 0.1) is 43.3 Å². The standard InChI is InChI=1S/C23H28FN3O/c1-13-20(14(2)27(26-13)17-8-6-16(24)7-9-17)12-23(28)25-22-11-15-10-21(22)19-5-3-4-18(15)19/h6-9,15,18-19,21-22H,3-5,10-12H2,1-2H3,(H,25,28)/t15-,18+,19-,21+,22-/m1/s1. The topological polar surface area (TPSA) is 46.9 Å². The van der Waals surface area contributed by atoms with Gasteiger partial charge >= 0.3 is 0 Å². The van der Waals surface area contributed by atoms with E-state index >= 15 is 0 Å². The number of carbonyl (C=O) groups excluding carboxylic acids is 1. The largest absolute Gasteiger partial charge is 0.353 e. The average Bonchev–Trinajstić information content (AvgIpc) is 3.41. The number of hydrogen-bond donors (Lipinski definition) is 1. The van der Waals surface area contributed by atoms with Gasteiger partial charge in [-0.2, -0.15) is 5.10 Å². The van der Waals surface area contributed by atoms with Gasteiger partial charge in [-0.3, -0.25) is 4.79 Å². The first-order chi connectivity index (χ1) is 13.5. The van der Waals surface area contributed by atoms with Gasteiger partial charge in [0.2, 0.25) is 5.91 Å². The molecule has 5 heteroatoms. The summed E-state index contributed by atoms with van der Waals surface area (Å²) in [5.74, 6) is 3.18. The van der Waals surface area contributed by atoms with Gasteiger partial charge in [0.15, 0.2) is 0 Å². The molecule has 4 nitrogen and oxygen atoms in total. The Morgan fingerprint density at radius 1 is 1.14 bits per heavy atom. The number of aromatic nitrogens is 2. The lowest BCUT2D eigenvalue weighted by Gasteiger charge is -2.32. The van der Waals surface area contributed by atoms with Gasteiger partial charge in [0, 0.05) is 17.3 Å². The fraction of sp³-hybridized carbons (Fsp3) is 0.565. The molecule has 1 aromatic carbocycles. The van der Waals surface area contributed by atoms with Crippen LogP contribution in [-0.4, -0.2) is 21.7 Å². The SMILES string of the molecule is Cc1nn(-c2ccc(F)cc2)c(C)c1CC(=O)N[C@@H]1C[C@H]2C[C@H]1[C@@H]1CCC[C@@H]21. The Labute approximate surface area is 165 Å². The molecule has 1 N–H and O–H groups in total. The summed E-state index contributed by atoms with van der Waals surface area (Å²) in [4.78, 5) is 12.8. The Balaban J connectivity index is 1.29. The fourth-order valence-corrected chi connectivity index (χ4v) is 6.42. The van der Waals surface area contributed by atoms with Crippen molar-refractivity contribution in [1.29, 1.82) is 0 Å². The van der Waals surface area contributed by atoms with Crippen molar-refractivity contribution in [3.05, 3.63) is 47.0 Å². The predicted molar refractivity (Wildman–Crippen MR) is 106 cm³/mol. The monoisotopic (exact) mass is 381 g/mol. The number of rotatable bonds is 4. The van der Waals surface area contributed by atoms with Crippen molar-refractivity contribution >= 4 is 5.91 Å². The van der Waals surface area contributed by atoms with Crippen LogP contribution in [0.2, 0.25) is 0 Å². The van der Waals surface area contributed by atoms with E-state index in [9.17, 15) is 9.18 Å². The second kappa shape index (κ2) is 6.71. The van der Waals surface area contributed by atoms with Crippen molar-refractivity contribution in [3.8, 4) is 5.69 Å². The molecule has 28 heavy (non-hydrogen) atoms. The summed E-state index contributed by atoms with van der Waals surface area (Å²) in [6, 6.07) is 6.66. The highest BCUT2D eigenvalue weighted by Crippen LogP contribution is 2.58. The Morgan fingerprint density at radius 2 is 1.89 bits per heavy atom. The smallest absolute Gasteiger partial charge is 0.224 e. The molecule has 3 aliphatic rings. The van der Waals surface area contributed by atoms with Crippen LogP contribution in [-0.2, 0) is 11.2 Å². The van der Waals surface area contributed by atoms with Crippen LogP contribution in [0.3, 0.4) is 0 Å². The van der Waals surface area contributed by atoms with Crippen LogP contribution in [0.15, 0.2) is 24.3 Å². The van der Waals surface area contributed by atoms with E-state index in [-0.39, 0.29) is 11.7 Å². The zero-order chi connectivity index (χ0) is 19.4. The summed E-state index contributed by atoms with van der Waals surface area (Å²) in [6.45, 7) is 3.92. The van der Waals surface area contributed by atoms with Crippen LogP contribution in [0.4, 0.5) is 4.39 Å². The molecule has 3 fully saturated rings. The third kappa shape index (κ3) is 2.87. The first kappa shape index (κ1) is 17.9. The molecule has 5 atom stereocenters. The number of benzene rings is 1. The van der Waals surface area contributed by atoms with E-state index in [1.54, 1.807) is 16.8 Å². The van der Waals surface area contributed by atoms with Crippen molar-refractivity contribution in [2.45, 2.75) is 58.4 Å². The minimum Gasteiger partial charge on any atom is -0.353 e. The first-order valence-electron chi connectivity index (χ1n) is 10.6. The van der Waals surface area contributed by atoms with Crippen LogP contribution < -0.4 is 5.32 Å². The highest BCUT2D eigenvalue weighted by molar-refractivity contribution is 5.79. The maximum absolute atomic E-state index is 13.2. The minimum absolute atomic E-state index is 0.108. The number of nitrogens with zero attached hydrogens (tertiary/aromatic N) is 2. The van der Waals surface area contributed by atoms with E-state index < -0.39 is 0 Å². The third-order valence-electron chi connectivity index (χ3n) is 7.62. The molecule has 2 aromatic rings. The van der Waals surface area contributed by atoms with Gasteiger partial charge in [0.1, 0.15) is 5.82 Å². The Bertz CT molecular complexity index is 903. The van der Waals surface area contributed by atoms with Crippen LogP contribution in [0.5, 0.6) is 0 Å². The maximum Gasteiger partial charge on any atom is 0.224 e. The molecular weight excluding hydrogens is 353 g/mol. The lowest BCUT2D eigenvalue weighted by molar-refractivity contribution is -0.121. The molecule has 2 bridgehead atoms.